The van der Waals surface area contributed by atoms with Gasteiger partial charge in [0.1, 0.15) is 5.76 Å². The highest BCUT2D eigenvalue weighted by Crippen LogP contribution is 2.35. The van der Waals surface area contributed by atoms with Gasteiger partial charge in [-0.15, -0.1) is 0 Å². The fourth-order valence-corrected chi connectivity index (χ4v) is 4.30. The Morgan fingerprint density at radius 2 is 1.93 bits per heavy atom. The number of carbonyl (C=O) groups is 1. The third-order valence-electron chi connectivity index (χ3n) is 6.56. The monoisotopic (exact) mass is 554 g/mol. The molecule has 1 aliphatic heterocycles. The van der Waals surface area contributed by atoms with Crippen molar-refractivity contribution in [1.82, 2.24) is 35.1 Å². The molecular weight excluding hydrogens is 525 g/mol. The van der Waals surface area contributed by atoms with Crippen LogP contribution in [-0.2, 0) is 18.1 Å². The molecule has 0 saturated carbocycles. The van der Waals surface area contributed by atoms with E-state index in [1.165, 1.54) is 30.5 Å². The maximum Gasteiger partial charge on any atom is 0.416 e. The van der Waals surface area contributed by atoms with Crippen LogP contribution in [0.1, 0.15) is 54.2 Å². The summed E-state index contributed by atoms with van der Waals surface area (Å²) in [5.41, 5.74) is -0.0870. The maximum absolute atomic E-state index is 14.0. The molecule has 10 nitrogen and oxygen atoms in total. The van der Waals surface area contributed by atoms with Crippen LogP contribution in [0.3, 0.4) is 0 Å². The Morgan fingerprint density at radius 3 is 2.60 bits per heavy atom. The first-order chi connectivity index (χ1) is 18.9. The molecule has 0 atom stereocenters. The number of halogens is 3. The number of alkyl halides is 3. The molecule has 3 aromatic heterocycles. The van der Waals surface area contributed by atoms with Gasteiger partial charge in [0, 0.05) is 49.1 Å². The second-order valence-corrected chi connectivity index (χ2v) is 10.9. The number of anilines is 2. The van der Waals surface area contributed by atoms with Gasteiger partial charge in [-0.2, -0.15) is 18.3 Å². The van der Waals surface area contributed by atoms with Crippen LogP contribution in [0.25, 0.3) is 11.3 Å². The summed E-state index contributed by atoms with van der Waals surface area (Å²) in [4.78, 5) is 23.3. The quantitative estimate of drug-likeness (QED) is 0.335. The standard InChI is InChI=1S/C27H29F3N8O2/c1-26(2,3)23-10-22(36-40-23)24(39)32-11-17-6-5-16(9-20(17)27(28,29)30)21-7-8-31-25(35-21)34-18-12-33-38(13-18)19-14-37(4)15-19/h5-10,12-13,19H,11,14-15H2,1-4H3,(H,32,39)(H,31,34,35). The molecule has 13 heteroatoms. The third-order valence-corrected chi connectivity index (χ3v) is 6.56. The first-order valence-electron chi connectivity index (χ1n) is 12.7. The Kier molecular flexibility index (Phi) is 7.08. The number of hydrogen-bond donors (Lipinski definition) is 2. The van der Waals surface area contributed by atoms with Crippen molar-refractivity contribution >= 4 is 17.5 Å². The lowest BCUT2D eigenvalue weighted by molar-refractivity contribution is -0.138. The van der Waals surface area contributed by atoms with E-state index in [0.29, 0.717) is 23.2 Å². The van der Waals surface area contributed by atoms with Crippen LogP contribution < -0.4 is 10.6 Å². The van der Waals surface area contributed by atoms with Crippen molar-refractivity contribution in [2.45, 2.75) is 44.9 Å². The Labute approximate surface area is 228 Å². The lowest BCUT2D eigenvalue weighted by Gasteiger charge is -2.36. The average Bonchev–Trinajstić information content (AvgIpc) is 3.55. The van der Waals surface area contributed by atoms with E-state index in [1.54, 1.807) is 6.20 Å². The van der Waals surface area contributed by atoms with Gasteiger partial charge >= 0.3 is 6.18 Å². The molecule has 1 aliphatic rings. The number of likely N-dealkylation sites (tertiary alicyclic amines) is 1. The highest BCUT2D eigenvalue weighted by Gasteiger charge is 2.34. The molecule has 1 fully saturated rings. The van der Waals surface area contributed by atoms with Crippen molar-refractivity contribution in [1.29, 1.82) is 0 Å². The fraction of sp³-hybridized carbons (Fsp3) is 0.370. The van der Waals surface area contributed by atoms with Crippen molar-refractivity contribution < 1.29 is 22.5 Å². The van der Waals surface area contributed by atoms with E-state index in [4.69, 9.17) is 4.52 Å². The van der Waals surface area contributed by atoms with E-state index in [1.807, 2.05) is 38.7 Å². The van der Waals surface area contributed by atoms with Gasteiger partial charge in [0.25, 0.3) is 5.91 Å². The van der Waals surface area contributed by atoms with E-state index in [2.05, 4.69) is 35.8 Å². The highest BCUT2D eigenvalue weighted by molar-refractivity contribution is 5.92. The van der Waals surface area contributed by atoms with Crippen LogP contribution in [0.5, 0.6) is 0 Å². The van der Waals surface area contributed by atoms with Crippen molar-refractivity contribution in [2.24, 2.45) is 0 Å². The van der Waals surface area contributed by atoms with E-state index < -0.39 is 17.6 Å². The lowest BCUT2D eigenvalue weighted by atomic mass is 9.93. The minimum Gasteiger partial charge on any atom is -0.360 e. The molecule has 1 amide bonds. The summed E-state index contributed by atoms with van der Waals surface area (Å²) in [5, 5.41) is 13.7. The highest BCUT2D eigenvalue weighted by atomic mass is 19.4. The fourth-order valence-electron chi connectivity index (χ4n) is 4.30. The normalized spacial score (nSPS) is 14.7. The number of benzene rings is 1. The molecule has 2 N–H and O–H groups in total. The van der Waals surface area contributed by atoms with Crippen molar-refractivity contribution in [3.63, 3.8) is 0 Å². The zero-order valence-electron chi connectivity index (χ0n) is 22.5. The number of likely N-dealkylation sites (N-methyl/N-ethyl adjacent to an activating group) is 1. The zero-order valence-corrected chi connectivity index (χ0v) is 22.5. The minimum atomic E-state index is -4.65. The molecule has 0 bridgehead atoms. The number of hydrogen-bond acceptors (Lipinski definition) is 8. The molecule has 210 valence electrons. The number of carbonyl (C=O) groups excluding carboxylic acids is 1. The molecule has 1 saturated heterocycles. The molecule has 0 unspecified atom stereocenters. The summed E-state index contributed by atoms with van der Waals surface area (Å²) >= 11 is 0. The molecule has 40 heavy (non-hydrogen) atoms. The molecule has 1 aromatic carbocycles. The topological polar surface area (TPSA) is 114 Å². The number of rotatable bonds is 7. The zero-order chi connectivity index (χ0) is 28.7. The summed E-state index contributed by atoms with van der Waals surface area (Å²) in [6.07, 6.45) is 0.326. The van der Waals surface area contributed by atoms with Crippen molar-refractivity contribution in [3.05, 3.63) is 71.5 Å². The Balaban J connectivity index is 1.31. The van der Waals surface area contributed by atoms with E-state index in [-0.39, 0.29) is 34.7 Å². The average molecular weight is 555 g/mol. The second kappa shape index (κ2) is 10.4. The number of nitrogens with zero attached hydrogens (tertiary/aromatic N) is 6. The summed E-state index contributed by atoms with van der Waals surface area (Å²) in [7, 11) is 2.03. The predicted octanol–water partition coefficient (Wildman–Crippen LogP) is 4.80. The van der Waals surface area contributed by atoms with Crippen LogP contribution in [0.4, 0.5) is 24.8 Å². The van der Waals surface area contributed by atoms with Gasteiger partial charge in [-0.3, -0.25) is 9.48 Å². The van der Waals surface area contributed by atoms with Gasteiger partial charge in [0.2, 0.25) is 5.95 Å². The third kappa shape index (κ3) is 5.98. The van der Waals surface area contributed by atoms with Crippen LogP contribution >= 0.6 is 0 Å². The van der Waals surface area contributed by atoms with E-state index >= 15 is 0 Å². The molecule has 0 radical (unpaired) electrons. The Hall–Kier alpha value is -4.26. The lowest BCUT2D eigenvalue weighted by Crippen LogP contribution is -2.45. The number of aromatic nitrogens is 5. The van der Waals surface area contributed by atoms with E-state index in [9.17, 15) is 18.0 Å². The molecule has 0 aliphatic carbocycles. The largest absolute Gasteiger partial charge is 0.416 e. The van der Waals surface area contributed by atoms with Crippen molar-refractivity contribution in [2.75, 3.05) is 25.5 Å². The molecule has 4 aromatic rings. The summed E-state index contributed by atoms with van der Waals surface area (Å²) in [5.74, 6) is 0.0993. The van der Waals surface area contributed by atoms with E-state index in [0.717, 1.165) is 19.2 Å². The van der Waals surface area contributed by atoms with Crippen LogP contribution in [0, 0.1) is 0 Å². The van der Waals surface area contributed by atoms with Crippen LogP contribution in [0.2, 0.25) is 0 Å². The van der Waals surface area contributed by atoms with Gasteiger partial charge in [0.05, 0.1) is 29.2 Å². The van der Waals surface area contributed by atoms with Gasteiger partial charge in [-0.1, -0.05) is 38.1 Å². The van der Waals surface area contributed by atoms with Crippen LogP contribution in [-0.4, -0.2) is 55.8 Å². The number of nitrogens with one attached hydrogen (secondary N) is 2. The SMILES string of the molecule is CN1CC(n2cc(Nc3nccc(-c4ccc(CNC(=O)c5cc(C(C)(C)C)on5)c(C(F)(F)F)c4)n3)cn2)C1. The Morgan fingerprint density at radius 1 is 1.15 bits per heavy atom. The molecule has 4 heterocycles. The summed E-state index contributed by atoms with van der Waals surface area (Å²) in [6, 6.07) is 7.20. The summed E-state index contributed by atoms with van der Waals surface area (Å²) in [6.45, 7) is 7.16. The molecule has 5 rings (SSSR count). The van der Waals surface area contributed by atoms with Gasteiger partial charge in [-0.25, -0.2) is 9.97 Å². The van der Waals surface area contributed by atoms with Crippen molar-refractivity contribution in [3.8, 4) is 11.3 Å². The summed E-state index contributed by atoms with van der Waals surface area (Å²) < 4.78 is 49.1. The van der Waals surface area contributed by atoms with Gasteiger partial charge in [0.15, 0.2) is 5.69 Å². The van der Waals surface area contributed by atoms with Gasteiger partial charge < -0.3 is 20.1 Å². The smallest absolute Gasteiger partial charge is 0.360 e. The Bertz CT molecular complexity index is 1520. The first-order valence-corrected chi connectivity index (χ1v) is 12.7. The minimum absolute atomic E-state index is 0.00156. The second-order valence-electron chi connectivity index (χ2n) is 10.9. The predicted molar refractivity (Wildman–Crippen MR) is 141 cm³/mol. The molecule has 0 spiro atoms. The maximum atomic E-state index is 14.0. The van der Waals surface area contributed by atoms with Gasteiger partial charge in [-0.05, 0) is 24.7 Å². The van der Waals surface area contributed by atoms with Crippen LogP contribution in [0.15, 0.2) is 53.4 Å². The molecular formula is C27H29F3N8O2. The number of amides is 1. The first kappa shape index (κ1) is 27.3.